The van der Waals surface area contributed by atoms with Crippen LogP contribution in [-0.2, 0) is 9.59 Å². The molecule has 1 fully saturated rings. The highest BCUT2D eigenvalue weighted by Crippen LogP contribution is 2.48. The van der Waals surface area contributed by atoms with Gasteiger partial charge in [0.05, 0.1) is 11.8 Å². The van der Waals surface area contributed by atoms with Gasteiger partial charge in [-0.15, -0.1) is 0 Å². The van der Waals surface area contributed by atoms with Gasteiger partial charge in [0.25, 0.3) is 5.91 Å². The van der Waals surface area contributed by atoms with Crippen molar-refractivity contribution < 1.29 is 19.5 Å². The average molecular weight is 328 g/mol. The second kappa shape index (κ2) is 6.47. The number of nitrogens with one attached hydrogen (secondary N) is 2. The molecule has 0 radical (unpaired) electrons. The molecule has 1 aromatic carbocycles. The first-order chi connectivity index (χ1) is 11.5. The number of carbonyl (C=O) groups excluding carboxylic acids is 2. The van der Waals surface area contributed by atoms with Gasteiger partial charge in [-0.1, -0.05) is 12.2 Å². The molecule has 6 nitrogen and oxygen atoms in total. The third-order valence-electron chi connectivity index (χ3n) is 4.80. The van der Waals surface area contributed by atoms with Crippen LogP contribution < -0.4 is 10.6 Å². The molecule has 4 atom stereocenters. The number of hydrogen-bond donors (Lipinski definition) is 3. The summed E-state index contributed by atoms with van der Waals surface area (Å²) in [6.07, 6.45) is 4.59. The maximum Gasteiger partial charge on any atom is 0.307 e. The molecule has 0 aromatic heterocycles. The lowest BCUT2D eigenvalue weighted by molar-refractivity contribution is -0.146. The number of hydrogen-bond acceptors (Lipinski definition) is 3. The van der Waals surface area contributed by atoms with Gasteiger partial charge in [-0.25, -0.2) is 0 Å². The van der Waals surface area contributed by atoms with E-state index in [4.69, 9.17) is 0 Å². The number of aliphatic carboxylic acids is 1. The highest BCUT2D eigenvalue weighted by atomic mass is 16.4. The minimum absolute atomic E-state index is 0.00861. The van der Waals surface area contributed by atoms with Crippen LogP contribution in [0.1, 0.15) is 23.7 Å². The number of rotatable bonds is 5. The molecule has 0 unspecified atom stereocenters. The van der Waals surface area contributed by atoms with Gasteiger partial charge >= 0.3 is 5.97 Å². The maximum absolute atomic E-state index is 12.6. The van der Waals surface area contributed by atoms with Gasteiger partial charge in [0, 0.05) is 17.8 Å². The molecule has 24 heavy (non-hydrogen) atoms. The Hall–Kier alpha value is -2.63. The minimum atomic E-state index is -0.918. The van der Waals surface area contributed by atoms with E-state index in [-0.39, 0.29) is 23.7 Å². The van der Waals surface area contributed by atoms with E-state index in [1.54, 1.807) is 24.3 Å². The summed E-state index contributed by atoms with van der Waals surface area (Å²) in [5.74, 6) is -2.62. The number of anilines is 1. The van der Waals surface area contributed by atoms with Crippen LogP contribution in [0.5, 0.6) is 0 Å². The second-order valence-corrected chi connectivity index (χ2v) is 6.26. The number of allylic oxidation sites excluding steroid dienone is 2. The van der Waals surface area contributed by atoms with Crippen LogP contribution in [0.25, 0.3) is 0 Å². The zero-order chi connectivity index (χ0) is 17.3. The third-order valence-corrected chi connectivity index (χ3v) is 4.80. The van der Waals surface area contributed by atoms with Crippen molar-refractivity contribution in [3.63, 3.8) is 0 Å². The monoisotopic (exact) mass is 328 g/mol. The number of benzene rings is 1. The fourth-order valence-corrected chi connectivity index (χ4v) is 3.71. The second-order valence-electron chi connectivity index (χ2n) is 6.26. The highest BCUT2D eigenvalue weighted by Gasteiger charge is 2.51. The van der Waals surface area contributed by atoms with E-state index in [2.05, 4.69) is 10.6 Å². The fourth-order valence-electron chi connectivity index (χ4n) is 3.71. The third kappa shape index (κ3) is 2.91. The number of carbonyl (C=O) groups is 3. The molecule has 3 N–H and O–H groups in total. The first-order valence-electron chi connectivity index (χ1n) is 8.11. The summed E-state index contributed by atoms with van der Waals surface area (Å²) in [7, 11) is 0. The Morgan fingerprint density at radius 1 is 1.08 bits per heavy atom. The Labute approximate surface area is 139 Å². The van der Waals surface area contributed by atoms with Gasteiger partial charge in [0.2, 0.25) is 5.91 Å². The molecule has 126 valence electrons. The Morgan fingerprint density at radius 2 is 1.71 bits per heavy atom. The molecule has 3 rings (SSSR count). The molecule has 0 saturated heterocycles. The summed E-state index contributed by atoms with van der Waals surface area (Å²) in [5.41, 5.74) is 1.07. The van der Waals surface area contributed by atoms with Crippen molar-refractivity contribution in [1.82, 2.24) is 5.32 Å². The molecule has 6 heteroatoms. The van der Waals surface area contributed by atoms with Crippen LogP contribution in [0, 0.1) is 23.7 Å². The largest absolute Gasteiger partial charge is 0.481 e. The van der Waals surface area contributed by atoms with E-state index in [1.807, 2.05) is 19.1 Å². The van der Waals surface area contributed by atoms with Crippen LogP contribution >= 0.6 is 0 Å². The molecular weight excluding hydrogens is 308 g/mol. The van der Waals surface area contributed by atoms with Crippen molar-refractivity contribution in [1.29, 1.82) is 0 Å². The van der Waals surface area contributed by atoms with Crippen LogP contribution in [0.15, 0.2) is 36.4 Å². The van der Waals surface area contributed by atoms with E-state index in [0.717, 1.165) is 6.42 Å². The lowest BCUT2D eigenvalue weighted by Crippen LogP contribution is -2.36. The summed E-state index contributed by atoms with van der Waals surface area (Å²) in [4.78, 5) is 35.8. The summed E-state index contributed by atoms with van der Waals surface area (Å²) in [5, 5.41) is 14.9. The SMILES string of the molecule is CCNC(=O)c1ccc(NC(=O)[C@H]2[C@@H](C(=O)O)[C@H]3C=C[C@H]2C3)cc1. The van der Waals surface area contributed by atoms with Crippen LogP contribution in [-0.4, -0.2) is 29.4 Å². The Bertz CT molecular complexity index is 695. The fraction of sp³-hybridized carbons (Fsp3) is 0.389. The maximum atomic E-state index is 12.6. The number of fused-ring (bicyclic) bond motifs is 2. The normalized spacial score (nSPS) is 27.0. The summed E-state index contributed by atoms with van der Waals surface area (Å²) in [6, 6.07) is 6.58. The predicted octanol–water partition coefficient (Wildman–Crippen LogP) is 1.90. The van der Waals surface area contributed by atoms with E-state index in [9.17, 15) is 19.5 Å². The quantitative estimate of drug-likeness (QED) is 0.719. The molecule has 1 saturated carbocycles. The van der Waals surface area contributed by atoms with Crippen molar-refractivity contribution in [3.05, 3.63) is 42.0 Å². The van der Waals surface area contributed by atoms with Crippen LogP contribution in [0.2, 0.25) is 0 Å². The number of carboxylic acids is 1. The minimum Gasteiger partial charge on any atom is -0.481 e. The lowest BCUT2D eigenvalue weighted by Gasteiger charge is -2.23. The van der Waals surface area contributed by atoms with Crippen LogP contribution in [0.3, 0.4) is 0 Å². The average Bonchev–Trinajstić information content (AvgIpc) is 3.16. The standard InChI is InChI=1S/C18H20N2O4/c1-2-19-16(21)10-5-7-13(8-6-10)20-17(22)14-11-3-4-12(9-11)15(14)18(23)24/h3-8,11-12,14-15H,2,9H2,1H3,(H,19,21)(H,20,22)(H,23,24)/t11-,12-,14+,15-/m0/s1. The molecular formula is C18H20N2O4. The smallest absolute Gasteiger partial charge is 0.307 e. The summed E-state index contributed by atoms with van der Waals surface area (Å²) >= 11 is 0. The van der Waals surface area contributed by atoms with Gasteiger partial charge in [-0.05, 0) is 49.4 Å². The molecule has 2 amide bonds. The van der Waals surface area contributed by atoms with Crippen LogP contribution in [0.4, 0.5) is 5.69 Å². The van der Waals surface area contributed by atoms with Crippen molar-refractivity contribution in [3.8, 4) is 0 Å². The Kier molecular flexibility index (Phi) is 4.38. The van der Waals surface area contributed by atoms with Crippen molar-refractivity contribution >= 4 is 23.5 Å². The molecule has 2 bridgehead atoms. The zero-order valence-corrected chi connectivity index (χ0v) is 13.4. The number of carboxylic acid groups (broad SMARTS) is 1. The van der Waals surface area contributed by atoms with E-state index < -0.39 is 17.8 Å². The molecule has 0 heterocycles. The van der Waals surface area contributed by atoms with E-state index in [1.165, 1.54) is 0 Å². The first kappa shape index (κ1) is 16.2. The molecule has 2 aliphatic carbocycles. The van der Waals surface area contributed by atoms with Gasteiger partial charge < -0.3 is 15.7 Å². The predicted molar refractivity (Wildman–Crippen MR) is 88.4 cm³/mol. The van der Waals surface area contributed by atoms with E-state index >= 15 is 0 Å². The molecule has 2 aliphatic rings. The van der Waals surface area contributed by atoms with Crippen molar-refractivity contribution in [2.75, 3.05) is 11.9 Å². The van der Waals surface area contributed by atoms with Gasteiger partial charge in [-0.2, -0.15) is 0 Å². The number of amides is 2. The van der Waals surface area contributed by atoms with Crippen molar-refractivity contribution in [2.24, 2.45) is 23.7 Å². The summed E-state index contributed by atoms with van der Waals surface area (Å²) in [6.45, 7) is 2.39. The van der Waals surface area contributed by atoms with Gasteiger partial charge in [0.15, 0.2) is 0 Å². The van der Waals surface area contributed by atoms with Gasteiger partial charge in [-0.3, -0.25) is 14.4 Å². The van der Waals surface area contributed by atoms with E-state index in [0.29, 0.717) is 17.8 Å². The topological polar surface area (TPSA) is 95.5 Å². The molecule has 0 spiro atoms. The Balaban J connectivity index is 1.70. The molecule has 1 aromatic rings. The zero-order valence-electron chi connectivity index (χ0n) is 13.4. The van der Waals surface area contributed by atoms with Gasteiger partial charge in [0.1, 0.15) is 0 Å². The first-order valence-corrected chi connectivity index (χ1v) is 8.11. The lowest BCUT2D eigenvalue weighted by atomic mass is 9.82. The highest BCUT2D eigenvalue weighted by molar-refractivity contribution is 5.98. The summed E-state index contributed by atoms with van der Waals surface area (Å²) < 4.78 is 0. The van der Waals surface area contributed by atoms with Crippen molar-refractivity contribution in [2.45, 2.75) is 13.3 Å². The Morgan fingerprint density at radius 3 is 2.29 bits per heavy atom. The molecule has 0 aliphatic heterocycles.